The van der Waals surface area contributed by atoms with E-state index in [0.717, 1.165) is 12.8 Å². The lowest BCUT2D eigenvalue weighted by molar-refractivity contribution is -0.000256. The van der Waals surface area contributed by atoms with Gasteiger partial charge in [0.05, 0.1) is 19.0 Å². The Morgan fingerprint density at radius 1 is 1.21 bits per heavy atom. The zero-order valence-electron chi connectivity index (χ0n) is 15.4. The first-order valence-electron chi connectivity index (χ1n) is 8.85. The van der Waals surface area contributed by atoms with Gasteiger partial charge in [0.15, 0.2) is 6.23 Å². The number of likely N-dealkylation sites (tertiary alicyclic amines) is 1. The van der Waals surface area contributed by atoms with Gasteiger partial charge in [-0.2, -0.15) is 0 Å². The molecule has 3 amide bonds. The summed E-state index contributed by atoms with van der Waals surface area (Å²) in [6.07, 6.45) is 4.36. The molecule has 1 aliphatic heterocycles. The largest absolute Gasteiger partial charge is 0.470 e. The Kier molecular flexibility index (Phi) is 6.25. The molecule has 28 heavy (non-hydrogen) atoms. The highest BCUT2D eigenvalue weighted by molar-refractivity contribution is 5.99. The summed E-state index contributed by atoms with van der Waals surface area (Å²) in [5, 5.41) is 5.15. The lowest BCUT2D eigenvalue weighted by atomic mass is 10.1. The summed E-state index contributed by atoms with van der Waals surface area (Å²) in [6.45, 7) is 0.505. The van der Waals surface area contributed by atoms with E-state index in [1.165, 1.54) is 36.4 Å². The van der Waals surface area contributed by atoms with Crippen LogP contribution in [0.5, 0.6) is 5.75 Å². The summed E-state index contributed by atoms with van der Waals surface area (Å²) in [7, 11) is 1.30. The normalized spacial score (nSPS) is 16.2. The SMILES string of the molecule is COC(=O)N1CCCCC1Oc1cc(F)cc(NC(=O)Nc2cccnc2)c1. The van der Waals surface area contributed by atoms with E-state index in [-0.39, 0.29) is 11.4 Å². The number of benzene rings is 1. The van der Waals surface area contributed by atoms with Crippen molar-refractivity contribution in [1.29, 1.82) is 0 Å². The van der Waals surface area contributed by atoms with E-state index in [2.05, 4.69) is 15.6 Å². The maximum Gasteiger partial charge on any atom is 0.412 e. The molecular formula is C19H21FN4O4. The van der Waals surface area contributed by atoms with Crippen molar-refractivity contribution in [3.63, 3.8) is 0 Å². The number of aromatic nitrogens is 1. The van der Waals surface area contributed by atoms with Crippen molar-refractivity contribution >= 4 is 23.5 Å². The summed E-state index contributed by atoms with van der Waals surface area (Å²) < 4.78 is 24.6. The van der Waals surface area contributed by atoms with Crippen molar-refractivity contribution in [3.05, 3.63) is 48.5 Å². The van der Waals surface area contributed by atoms with Crippen LogP contribution in [0.1, 0.15) is 19.3 Å². The number of nitrogens with zero attached hydrogens (tertiary/aromatic N) is 2. The standard InChI is InChI=1S/C19H21FN4O4/c1-27-19(26)24-8-3-2-6-17(24)28-16-10-13(20)9-15(11-16)23-18(25)22-14-5-4-7-21-12-14/h4-5,7,9-12,17H,2-3,6,8H2,1H3,(H2,22,23,25). The highest BCUT2D eigenvalue weighted by Crippen LogP contribution is 2.26. The molecule has 148 valence electrons. The predicted molar refractivity (Wildman–Crippen MR) is 101 cm³/mol. The smallest absolute Gasteiger partial charge is 0.412 e. The molecule has 2 N–H and O–H groups in total. The lowest BCUT2D eigenvalue weighted by Gasteiger charge is -2.34. The number of anilines is 2. The maximum absolute atomic E-state index is 14.0. The summed E-state index contributed by atoms with van der Waals surface area (Å²) >= 11 is 0. The molecular weight excluding hydrogens is 367 g/mol. The minimum absolute atomic E-state index is 0.206. The van der Waals surface area contributed by atoms with E-state index in [4.69, 9.17) is 9.47 Å². The number of hydrogen-bond acceptors (Lipinski definition) is 5. The lowest BCUT2D eigenvalue weighted by Crippen LogP contribution is -2.46. The van der Waals surface area contributed by atoms with Crippen molar-refractivity contribution in [2.45, 2.75) is 25.5 Å². The molecule has 0 bridgehead atoms. The fourth-order valence-electron chi connectivity index (χ4n) is 2.94. The molecule has 0 radical (unpaired) electrons. The summed E-state index contributed by atoms with van der Waals surface area (Å²) in [5.74, 6) is -0.368. The number of pyridine rings is 1. The Morgan fingerprint density at radius 3 is 2.79 bits per heavy atom. The summed E-state index contributed by atoms with van der Waals surface area (Å²) in [4.78, 5) is 29.4. The Bertz CT molecular complexity index is 834. The average Bonchev–Trinajstić information content (AvgIpc) is 2.68. The second kappa shape index (κ2) is 9.03. The minimum atomic E-state index is -0.574. The van der Waals surface area contributed by atoms with Crippen LogP contribution in [0.15, 0.2) is 42.7 Å². The predicted octanol–water partition coefficient (Wildman–Crippen LogP) is 3.82. The van der Waals surface area contributed by atoms with Crippen molar-refractivity contribution in [1.82, 2.24) is 9.88 Å². The molecule has 3 rings (SSSR count). The van der Waals surface area contributed by atoms with Crippen LogP contribution >= 0.6 is 0 Å². The first-order chi connectivity index (χ1) is 13.5. The molecule has 1 aromatic heterocycles. The van der Waals surface area contributed by atoms with E-state index in [1.807, 2.05) is 0 Å². The van der Waals surface area contributed by atoms with Crippen molar-refractivity contribution in [3.8, 4) is 5.75 Å². The molecule has 0 aliphatic carbocycles. The molecule has 1 fully saturated rings. The van der Waals surface area contributed by atoms with E-state index in [1.54, 1.807) is 18.3 Å². The van der Waals surface area contributed by atoms with E-state index in [0.29, 0.717) is 18.7 Å². The van der Waals surface area contributed by atoms with Gasteiger partial charge in [0, 0.05) is 37.0 Å². The Hall–Kier alpha value is -3.36. The van der Waals surface area contributed by atoms with Gasteiger partial charge in [-0.15, -0.1) is 0 Å². The fraction of sp³-hybridized carbons (Fsp3) is 0.316. The molecule has 0 spiro atoms. The average molecular weight is 388 g/mol. The Morgan fingerprint density at radius 2 is 2.04 bits per heavy atom. The highest BCUT2D eigenvalue weighted by Gasteiger charge is 2.29. The van der Waals surface area contributed by atoms with E-state index in [9.17, 15) is 14.0 Å². The third kappa shape index (κ3) is 5.09. The van der Waals surface area contributed by atoms with Crippen LogP contribution in [0.4, 0.5) is 25.4 Å². The third-order valence-electron chi connectivity index (χ3n) is 4.18. The van der Waals surface area contributed by atoms with Gasteiger partial charge in [-0.25, -0.2) is 14.0 Å². The van der Waals surface area contributed by atoms with Gasteiger partial charge >= 0.3 is 12.1 Å². The maximum atomic E-state index is 14.0. The van der Waals surface area contributed by atoms with Gasteiger partial charge in [0.2, 0.25) is 0 Å². The van der Waals surface area contributed by atoms with Gasteiger partial charge < -0.3 is 20.1 Å². The molecule has 2 heterocycles. The number of amides is 3. The summed E-state index contributed by atoms with van der Waals surface area (Å²) in [5.41, 5.74) is 0.723. The zero-order valence-corrected chi connectivity index (χ0v) is 15.4. The van der Waals surface area contributed by atoms with Gasteiger partial charge in [-0.05, 0) is 31.0 Å². The van der Waals surface area contributed by atoms with E-state index < -0.39 is 24.2 Å². The number of nitrogens with one attached hydrogen (secondary N) is 2. The van der Waals surface area contributed by atoms with Crippen molar-refractivity contribution in [2.24, 2.45) is 0 Å². The molecule has 2 aromatic rings. The first kappa shape index (κ1) is 19.4. The van der Waals surface area contributed by atoms with E-state index >= 15 is 0 Å². The number of urea groups is 1. The monoisotopic (exact) mass is 388 g/mol. The third-order valence-corrected chi connectivity index (χ3v) is 4.18. The molecule has 1 atom stereocenters. The Balaban J connectivity index is 1.68. The fourth-order valence-corrected chi connectivity index (χ4v) is 2.94. The van der Waals surface area contributed by atoms with Crippen LogP contribution in [0.3, 0.4) is 0 Å². The molecule has 9 heteroatoms. The number of carbonyl (C=O) groups is 2. The van der Waals surface area contributed by atoms with Crippen LogP contribution in [0, 0.1) is 5.82 Å². The molecule has 1 aromatic carbocycles. The summed E-state index contributed by atoms with van der Waals surface area (Å²) in [6, 6.07) is 6.69. The Labute approximate surface area is 161 Å². The van der Waals surface area contributed by atoms with Gasteiger partial charge in [0.25, 0.3) is 0 Å². The number of methoxy groups -OCH3 is 1. The number of ether oxygens (including phenoxy) is 2. The van der Waals surface area contributed by atoms with Crippen molar-refractivity contribution in [2.75, 3.05) is 24.3 Å². The van der Waals surface area contributed by atoms with Crippen LogP contribution < -0.4 is 15.4 Å². The van der Waals surface area contributed by atoms with Gasteiger partial charge in [0.1, 0.15) is 11.6 Å². The van der Waals surface area contributed by atoms with Crippen LogP contribution in [-0.4, -0.2) is 41.9 Å². The van der Waals surface area contributed by atoms with Crippen molar-refractivity contribution < 1.29 is 23.5 Å². The quantitative estimate of drug-likeness (QED) is 0.831. The molecule has 1 unspecified atom stereocenters. The van der Waals surface area contributed by atoms with Crippen LogP contribution in [0.25, 0.3) is 0 Å². The zero-order chi connectivity index (χ0) is 19.9. The molecule has 0 saturated carbocycles. The van der Waals surface area contributed by atoms with Crippen LogP contribution in [0.2, 0.25) is 0 Å². The van der Waals surface area contributed by atoms with Gasteiger partial charge in [-0.1, -0.05) is 0 Å². The number of hydrogen-bond donors (Lipinski definition) is 2. The first-order valence-corrected chi connectivity index (χ1v) is 8.85. The number of rotatable bonds is 4. The topological polar surface area (TPSA) is 92.8 Å². The second-order valence-corrected chi connectivity index (χ2v) is 6.23. The van der Waals surface area contributed by atoms with Gasteiger partial charge in [-0.3, -0.25) is 9.88 Å². The van der Waals surface area contributed by atoms with Crippen LogP contribution in [-0.2, 0) is 4.74 Å². The number of halogens is 1. The molecule has 1 saturated heterocycles. The minimum Gasteiger partial charge on any atom is -0.470 e. The molecule has 8 nitrogen and oxygen atoms in total. The molecule has 1 aliphatic rings. The highest BCUT2D eigenvalue weighted by atomic mass is 19.1. The number of piperidine rings is 1. The second-order valence-electron chi connectivity index (χ2n) is 6.23. The number of carbonyl (C=O) groups excluding carboxylic acids is 2.